The minimum absolute atomic E-state index is 0.0115. The monoisotopic (exact) mass is 388 g/mol. The quantitative estimate of drug-likeness (QED) is 0.420. The van der Waals surface area contributed by atoms with Crippen molar-refractivity contribution in [2.24, 2.45) is 0 Å². The van der Waals surface area contributed by atoms with Gasteiger partial charge in [0.1, 0.15) is 11.6 Å². The molecule has 2 aromatic rings. The maximum Gasteiger partial charge on any atom is 0.159 e. The molecule has 0 aliphatic heterocycles. The van der Waals surface area contributed by atoms with Gasteiger partial charge in [-0.25, -0.2) is 18.7 Å². The Morgan fingerprint density at radius 2 is 1.65 bits per heavy atom. The van der Waals surface area contributed by atoms with Gasteiger partial charge in [0.05, 0.1) is 3.57 Å². The molecular formula is C15H15F2IN2. The summed E-state index contributed by atoms with van der Waals surface area (Å²) in [5.41, 5.74) is 1.41. The van der Waals surface area contributed by atoms with Crippen LogP contribution in [0.1, 0.15) is 31.7 Å². The fourth-order valence-corrected chi connectivity index (χ4v) is 2.21. The molecule has 0 aliphatic rings. The topological polar surface area (TPSA) is 25.8 Å². The Kier molecular flexibility index (Phi) is 5.39. The summed E-state index contributed by atoms with van der Waals surface area (Å²) < 4.78 is 27.0. The Morgan fingerprint density at radius 3 is 2.20 bits per heavy atom. The predicted molar refractivity (Wildman–Crippen MR) is 83.3 cm³/mol. The zero-order valence-corrected chi connectivity index (χ0v) is 13.3. The van der Waals surface area contributed by atoms with Gasteiger partial charge in [-0.1, -0.05) is 19.8 Å². The number of benzene rings is 1. The summed E-state index contributed by atoms with van der Waals surface area (Å²) in [5.74, 6) is -0.828. The van der Waals surface area contributed by atoms with Crippen LogP contribution in [-0.2, 0) is 6.42 Å². The molecule has 2 rings (SSSR count). The van der Waals surface area contributed by atoms with Gasteiger partial charge in [0, 0.05) is 18.0 Å². The molecule has 0 spiro atoms. The highest BCUT2D eigenvalue weighted by Crippen LogP contribution is 2.23. The van der Waals surface area contributed by atoms with Crippen molar-refractivity contribution in [3.05, 3.63) is 45.3 Å². The Labute approximate surface area is 130 Å². The van der Waals surface area contributed by atoms with E-state index in [0.29, 0.717) is 11.4 Å². The lowest BCUT2D eigenvalue weighted by Crippen LogP contribution is -1.96. The zero-order chi connectivity index (χ0) is 14.5. The Hall–Kier alpha value is -1.11. The molecule has 0 N–H and O–H groups in total. The van der Waals surface area contributed by atoms with Crippen LogP contribution in [0.25, 0.3) is 11.4 Å². The van der Waals surface area contributed by atoms with Crippen LogP contribution >= 0.6 is 22.6 Å². The third kappa shape index (κ3) is 3.71. The molecule has 1 aromatic carbocycles. The molecule has 20 heavy (non-hydrogen) atoms. The van der Waals surface area contributed by atoms with E-state index in [1.54, 1.807) is 35.0 Å². The highest BCUT2D eigenvalue weighted by Gasteiger charge is 2.11. The number of rotatable bonds is 5. The van der Waals surface area contributed by atoms with Gasteiger partial charge in [0.2, 0.25) is 0 Å². The first-order valence-electron chi connectivity index (χ1n) is 6.57. The summed E-state index contributed by atoms with van der Waals surface area (Å²) >= 11 is 1.64. The van der Waals surface area contributed by atoms with E-state index in [0.717, 1.165) is 18.4 Å². The van der Waals surface area contributed by atoms with E-state index < -0.39 is 11.6 Å². The second-order valence-electron chi connectivity index (χ2n) is 4.63. The van der Waals surface area contributed by atoms with Crippen LogP contribution in [0, 0.1) is 15.2 Å². The average molecular weight is 388 g/mol. The predicted octanol–water partition coefficient (Wildman–Crippen LogP) is 4.76. The van der Waals surface area contributed by atoms with Gasteiger partial charge in [-0.05, 0) is 53.1 Å². The second-order valence-corrected chi connectivity index (χ2v) is 5.70. The van der Waals surface area contributed by atoms with Crippen LogP contribution in [0.2, 0.25) is 0 Å². The van der Waals surface area contributed by atoms with Crippen LogP contribution in [0.5, 0.6) is 0 Å². The number of aryl methyl sites for hydroxylation is 1. The maximum absolute atomic E-state index is 13.5. The van der Waals surface area contributed by atoms with E-state index in [1.807, 2.05) is 0 Å². The Balaban J connectivity index is 2.17. The number of aromatic nitrogens is 2. The second kappa shape index (κ2) is 7.06. The summed E-state index contributed by atoms with van der Waals surface area (Å²) in [6.07, 6.45) is 7.84. The summed E-state index contributed by atoms with van der Waals surface area (Å²) in [6.45, 7) is 2.15. The van der Waals surface area contributed by atoms with Gasteiger partial charge in [-0.2, -0.15) is 0 Å². The van der Waals surface area contributed by atoms with Crippen molar-refractivity contribution in [1.29, 1.82) is 0 Å². The SMILES string of the molecule is CCCCCc1cnc(-c2cc(F)c(I)c(F)c2)nc1. The van der Waals surface area contributed by atoms with E-state index >= 15 is 0 Å². The molecule has 0 bridgehead atoms. The lowest BCUT2D eigenvalue weighted by atomic mass is 10.1. The van der Waals surface area contributed by atoms with Crippen LogP contribution in [0.3, 0.4) is 0 Å². The van der Waals surface area contributed by atoms with Crippen LogP contribution < -0.4 is 0 Å². The smallest absolute Gasteiger partial charge is 0.159 e. The molecule has 0 saturated carbocycles. The fourth-order valence-electron chi connectivity index (χ4n) is 1.90. The Morgan fingerprint density at radius 1 is 1.05 bits per heavy atom. The third-order valence-corrected chi connectivity index (χ3v) is 4.05. The van der Waals surface area contributed by atoms with Crippen molar-refractivity contribution >= 4 is 22.6 Å². The van der Waals surface area contributed by atoms with Gasteiger partial charge in [-0.3, -0.25) is 0 Å². The summed E-state index contributed by atoms with van der Waals surface area (Å²) in [7, 11) is 0. The third-order valence-electron chi connectivity index (χ3n) is 3.02. The van der Waals surface area contributed by atoms with E-state index in [4.69, 9.17) is 0 Å². The lowest BCUT2D eigenvalue weighted by Gasteiger charge is -2.04. The number of unbranched alkanes of at least 4 members (excludes halogenated alkanes) is 2. The Bertz CT molecular complexity index is 562. The maximum atomic E-state index is 13.5. The minimum atomic E-state index is -0.587. The average Bonchev–Trinajstić information content (AvgIpc) is 2.45. The van der Waals surface area contributed by atoms with Crippen LogP contribution in [0.4, 0.5) is 8.78 Å². The molecular weight excluding hydrogens is 373 g/mol. The van der Waals surface area contributed by atoms with E-state index in [9.17, 15) is 8.78 Å². The molecule has 0 unspecified atom stereocenters. The van der Waals surface area contributed by atoms with Crippen LogP contribution in [-0.4, -0.2) is 9.97 Å². The highest BCUT2D eigenvalue weighted by molar-refractivity contribution is 14.1. The molecule has 5 heteroatoms. The van der Waals surface area contributed by atoms with Crippen molar-refractivity contribution < 1.29 is 8.78 Å². The number of hydrogen-bond donors (Lipinski definition) is 0. The number of hydrogen-bond acceptors (Lipinski definition) is 2. The molecule has 0 saturated heterocycles. The summed E-state index contributed by atoms with van der Waals surface area (Å²) in [4.78, 5) is 8.39. The van der Waals surface area contributed by atoms with Gasteiger partial charge in [0.25, 0.3) is 0 Å². The minimum Gasteiger partial charge on any atom is -0.236 e. The fraction of sp³-hybridized carbons (Fsp3) is 0.333. The van der Waals surface area contributed by atoms with Crippen molar-refractivity contribution in [2.45, 2.75) is 32.6 Å². The first-order chi connectivity index (χ1) is 9.61. The van der Waals surface area contributed by atoms with E-state index in [1.165, 1.54) is 25.0 Å². The summed E-state index contributed by atoms with van der Waals surface area (Å²) in [5, 5.41) is 0. The molecule has 0 aliphatic carbocycles. The van der Waals surface area contributed by atoms with E-state index in [2.05, 4.69) is 16.9 Å². The summed E-state index contributed by atoms with van der Waals surface area (Å²) in [6, 6.07) is 2.52. The van der Waals surface area contributed by atoms with Crippen molar-refractivity contribution in [1.82, 2.24) is 9.97 Å². The molecule has 1 heterocycles. The van der Waals surface area contributed by atoms with Gasteiger partial charge in [-0.15, -0.1) is 0 Å². The van der Waals surface area contributed by atoms with Gasteiger partial charge < -0.3 is 0 Å². The van der Waals surface area contributed by atoms with Crippen molar-refractivity contribution in [2.75, 3.05) is 0 Å². The number of halogens is 3. The van der Waals surface area contributed by atoms with E-state index in [-0.39, 0.29) is 3.57 Å². The normalized spacial score (nSPS) is 10.8. The number of nitrogens with zero attached hydrogens (tertiary/aromatic N) is 2. The molecule has 0 fully saturated rings. The molecule has 106 valence electrons. The molecule has 1 aromatic heterocycles. The van der Waals surface area contributed by atoms with Gasteiger partial charge >= 0.3 is 0 Å². The van der Waals surface area contributed by atoms with Crippen LogP contribution in [0.15, 0.2) is 24.5 Å². The standard InChI is InChI=1S/C15H15F2IN2/c1-2-3-4-5-10-8-19-15(20-9-10)11-6-12(16)14(18)13(17)7-11/h6-9H,2-5H2,1H3. The molecule has 0 radical (unpaired) electrons. The highest BCUT2D eigenvalue weighted by atomic mass is 127. The first-order valence-corrected chi connectivity index (χ1v) is 7.65. The first kappa shape index (κ1) is 15.3. The molecule has 2 nitrogen and oxygen atoms in total. The van der Waals surface area contributed by atoms with Crippen molar-refractivity contribution in [3.63, 3.8) is 0 Å². The molecule has 0 atom stereocenters. The lowest BCUT2D eigenvalue weighted by molar-refractivity contribution is 0.571. The van der Waals surface area contributed by atoms with Gasteiger partial charge in [0.15, 0.2) is 5.82 Å². The van der Waals surface area contributed by atoms with Crippen molar-refractivity contribution in [3.8, 4) is 11.4 Å². The largest absolute Gasteiger partial charge is 0.236 e. The molecule has 0 amide bonds. The zero-order valence-electron chi connectivity index (χ0n) is 11.2.